The van der Waals surface area contributed by atoms with Crippen molar-refractivity contribution in [3.8, 4) is 0 Å². The molecule has 1 N–H and O–H groups in total. The lowest BCUT2D eigenvalue weighted by Gasteiger charge is -2.05. The molecule has 0 aliphatic carbocycles. The molecule has 0 saturated heterocycles. The Hall–Kier alpha value is -2.16. The van der Waals surface area contributed by atoms with Crippen LogP contribution in [-0.4, -0.2) is 17.7 Å². The molecule has 1 aromatic heterocycles. The van der Waals surface area contributed by atoms with Crippen molar-refractivity contribution >= 4 is 5.71 Å². The second-order valence-electron chi connectivity index (χ2n) is 3.27. The maximum atomic E-state index is 4.30. The lowest BCUT2D eigenvalue weighted by atomic mass is 10.1. The molecule has 3 nitrogen and oxygen atoms in total. The molecule has 0 unspecified atom stereocenters. The second-order valence-corrected chi connectivity index (χ2v) is 3.27. The summed E-state index contributed by atoms with van der Waals surface area (Å²) in [5, 5.41) is 4.27. The summed E-state index contributed by atoms with van der Waals surface area (Å²) in [4.78, 5) is 4.30. The van der Waals surface area contributed by atoms with Crippen LogP contribution in [0.1, 0.15) is 11.3 Å². The van der Waals surface area contributed by atoms with Crippen molar-refractivity contribution in [1.82, 2.24) is 10.4 Å². The van der Waals surface area contributed by atoms with Gasteiger partial charge in [0.25, 0.3) is 0 Å². The normalized spacial score (nSPS) is 11.2. The summed E-state index contributed by atoms with van der Waals surface area (Å²) >= 11 is 0. The van der Waals surface area contributed by atoms with Gasteiger partial charge in [0.1, 0.15) is 5.71 Å². The zero-order valence-corrected chi connectivity index (χ0v) is 9.09. The minimum Gasteiger partial charge on any atom is -0.312 e. The SMILES string of the molecule is CN/N=C(\c1ccccc1)c1ccccn1. The van der Waals surface area contributed by atoms with Crippen LogP contribution in [0.15, 0.2) is 59.8 Å². The molecule has 2 aromatic rings. The van der Waals surface area contributed by atoms with Crippen molar-refractivity contribution in [1.29, 1.82) is 0 Å². The zero-order valence-electron chi connectivity index (χ0n) is 9.09. The number of nitrogens with one attached hydrogen (secondary N) is 1. The Labute approximate surface area is 94.9 Å². The van der Waals surface area contributed by atoms with Gasteiger partial charge in [0.15, 0.2) is 0 Å². The molecule has 0 fully saturated rings. The number of hydrogen-bond donors (Lipinski definition) is 1. The van der Waals surface area contributed by atoms with Crippen molar-refractivity contribution in [2.45, 2.75) is 0 Å². The lowest BCUT2D eigenvalue weighted by Crippen LogP contribution is -2.10. The molecule has 3 heteroatoms. The van der Waals surface area contributed by atoms with Crippen molar-refractivity contribution in [2.24, 2.45) is 5.10 Å². The number of pyridine rings is 1. The Balaban J connectivity index is 2.44. The average Bonchev–Trinajstić information content (AvgIpc) is 2.38. The highest BCUT2D eigenvalue weighted by Crippen LogP contribution is 2.07. The summed E-state index contributed by atoms with van der Waals surface area (Å²) in [6.07, 6.45) is 1.77. The van der Waals surface area contributed by atoms with E-state index in [0.717, 1.165) is 17.0 Å². The highest BCUT2D eigenvalue weighted by atomic mass is 15.3. The van der Waals surface area contributed by atoms with Gasteiger partial charge in [-0.05, 0) is 12.1 Å². The summed E-state index contributed by atoms with van der Waals surface area (Å²) < 4.78 is 0. The number of nitrogens with zero attached hydrogens (tertiary/aromatic N) is 2. The van der Waals surface area contributed by atoms with Gasteiger partial charge in [0.2, 0.25) is 0 Å². The fraction of sp³-hybridized carbons (Fsp3) is 0.0769. The Morgan fingerprint density at radius 1 is 1.06 bits per heavy atom. The molecule has 1 heterocycles. The molecule has 80 valence electrons. The third kappa shape index (κ3) is 2.25. The van der Waals surface area contributed by atoms with E-state index in [4.69, 9.17) is 0 Å². The molecule has 0 bridgehead atoms. The van der Waals surface area contributed by atoms with E-state index in [1.165, 1.54) is 0 Å². The number of hydrazone groups is 1. The summed E-state index contributed by atoms with van der Waals surface area (Å²) in [5.74, 6) is 0. The third-order valence-electron chi connectivity index (χ3n) is 2.18. The van der Waals surface area contributed by atoms with Gasteiger partial charge in [0, 0.05) is 18.8 Å². The minimum absolute atomic E-state index is 0.851. The van der Waals surface area contributed by atoms with Crippen LogP contribution in [-0.2, 0) is 0 Å². The quantitative estimate of drug-likeness (QED) is 0.623. The van der Waals surface area contributed by atoms with Gasteiger partial charge in [-0.2, -0.15) is 5.10 Å². The smallest absolute Gasteiger partial charge is 0.116 e. The highest BCUT2D eigenvalue weighted by molar-refractivity contribution is 6.11. The fourth-order valence-electron chi connectivity index (χ4n) is 1.48. The third-order valence-corrected chi connectivity index (χ3v) is 2.18. The van der Waals surface area contributed by atoms with Gasteiger partial charge in [-0.1, -0.05) is 36.4 Å². The predicted octanol–water partition coefficient (Wildman–Crippen LogP) is 2.05. The van der Waals surface area contributed by atoms with E-state index in [2.05, 4.69) is 15.5 Å². The van der Waals surface area contributed by atoms with Crippen LogP contribution in [0.2, 0.25) is 0 Å². The molecule has 0 radical (unpaired) electrons. The first-order valence-corrected chi connectivity index (χ1v) is 5.13. The maximum absolute atomic E-state index is 4.30. The standard InChI is InChI=1S/C13H13N3/c1-14-16-13(11-7-3-2-4-8-11)12-9-5-6-10-15-12/h2-10,14H,1H3/b16-13+. The minimum atomic E-state index is 0.851. The van der Waals surface area contributed by atoms with E-state index in [1.807, 2.05) is 48.5 Å². The van der Waals surface area contributed by atoms with Crippen LogP contribution < -0.4 is 5.43 Å². The molecule has 16 heavy (non-hydrogen) atoms. The largest absolute Gasteiger partial charge is 0.312 e. The van der Waals surface area contributed by atoms with Crippen LogP contribution in [0, 0.1) is 0 Å². The zero-order chi connectivity index (χ0) is 11.2. The van der Waals surface area contributed by atoms with Crippen molar-refractivity contribution in [3.63, 3.8) is 0 Å². The second kappa shape index (κ2) is 5.07. The van der Waals surface area contributed by atoms with E-state index < -0.39 is 0 Å². The summed E-state index contributed by atoms with van der Waals surface area (Å²) in [6, 6.07) is 15.8. The van der Waals surface area contributed by atoms with E-state index in [-0.39, 0.29) is 0 Å². The Morgan fingerprint density at radius 3 is 2.44 bits per heavy atom. The first-order chi connectivity index (χ1) is 7.92. The monoisotopic (exact) mass is 211 g/mol. The van der Waals surface area contributed by atoms with Crippen LogP contribution in [0.25, 0.3) is 0 Å². The number of rotatable bonds is 3. The lowest BCUT2D eigenvalue weighted by molar-refractivity contribution is 0.900. The molecule has 0 aliphatic heterocycles. The number of hydrogen-bond acceptors (Lipinski definition) is 3. The molecule has 1 aromatic carbocycles. The molecule has 0 atom stereocenters. The molecule has 0 saturated carbocycles. The summed E-state index contributed by atoms with van der Waals surface area (Å²) in [5.41, 5.74) is 5.58. The highest BCUT2D eigenvalue weighted by Gasteiger charge is 2.06. The Morgan fingerprint density at radius 2 is 1.81 bits per heavy atom. The molecule has 0 spiro atoms. The van der Waals surface area contributed by atoms with Crippen molar-refractivity contribution < 1.29 is 0 Å². The van der Waals surface area contributed by atoms with Gasteiger partial charge in [0.05, 0.1) is 5.69 Å². The van der Waals surface area contributed by atoms with Crippen LogP contribution >= 0.6 is 0 Å². The van der Waals surface area contributed by atoms with E-state index in [1.54, 1.807) is 13.2 Å². The first kappa shape index (κ1) is 10.4. The van der Waals surface area contributed by atoms with E-state index in [9.17, 15) is 0 Å². The topological polar surface area (TPSA) is 37.3 Å². The van der Waals surface area contributed by atoms with Crippen LogP contribution in [0.5, 0.6) is 0 Å². The Bertz CT molecular complexity index is 422. The van der Waals surface area contributed by atoms with Gasteiger partial charge in [-0.15, -0.1) is 0 Å². The van der Waals surface area contributed by atoms with Crippen LogP contribution in [0.3, 0.4) is 0 Å². The summed E-state index contributed by atoms with van der Waals surface area (Å²) in [6.45, 7) is 0. The fourth-order valence-corrected chi connectivity index (χ4v) is 1.48. The number of benzene rings is 1. The number of aromatic nitrogens is 1. The van der Waals surface area contributed by atoms with Gasteiger partial charge >= 0.3 is 0 Å². The predicted molar refractivity (Wildman–Crippen MR) is 65.4 cm³/mol. The molecule has 0 aliphatic rings. The Kier molecular flexibility index (Phi) is 3.28. The maximum Gasteiger partial charge on any atom is 0.116 e. The summed E-state index contributed by atoms with van der Waals surface area (Å²) in [7, 11) is 1.78. The van der Waals surface area contributed by atoms with Gasteiger partial charge in [-0.25, -0.2) is 0 Å². The van der Waals surface area contributed by atoms with Gasteiger partial charge in [-0.3, -0.25) is 4.98 Å². The first-order valence-electron chi connectivity index (χ1n) is 5.13. The van der Waals surface area contributed by atoms with Crippen molar-refractivity contribution in [2.75, 3.05) is 7.05 Å². The molecule has 0 amide bonds. The van der Waals surface area contributed by atoms with E-state index in [0.29, 0.717) is 0 Å². The van der Waals surface area contributed by atoms with E-state index >= 15 is 0 Å². The average molecular weight is 211 g/mol. The van der Waals surface area contributed by atoms with Gasteiger partial charge < -0.3 is 5.43 Å². The molecular weight excluding hydrogens is 198 g/mol. The molecule has 2 rings (SSSR count). The molecular formula is C13H13N3. The van der Waals surface area contributed by atoms with Crippen molar-refractivity contribution in [3.05, 3.63) is 66.0 Å². The van der Waals surface area contributed by atoms with Crippen LogP contribution in [0.4, 0.5) is 0 Å².